The lowest BCUT2D eigenvalue weighted by molar-refractivity contribution is 0.114. The van der Waals surface area contributed by atoms with Gasteiger partial charge in [0.15, 0.2) is 0 Å². The molecule has 0 unspecified atom stereocenters. The number of hydrogen-bond donors (Lipinski definition) is 0. The summed E-state index contributed by atoms with van der Waals surface area (Å²) in [5, 5.41) is 0. The molecule has 4 saturated carbocycles. The minimum atomic E-state index is -0.455. The van der Waals surface area contributed by atoms with Crippen LogP contribution in [-0.4, -0.2) is 0 Å². The van der Waals surface area contributed by atoms with E-state index < -0.39 is 5.41 Å². The number of rotatable bonds is 6. The lowest BCUT2D eigenvalue weighted by Crippen LogP contribution is -2.30. The lowest BCUT2D eigenvalue weighted by Gasteiger charge is -2.43. The van der Waals surface area contributed by atoms with Gasteiger partial charge in [-0.15, -0.1) is 0 Å². The Kier molecular flexibility index (Phi) is 10.7. The van der Waals surface area contributed by atoms with Gasteiger partial charge in [-0.05, 0) is 213 Å². The summed E-state index contributed by atoms with van der Waals surface area (Å²) in [7, 11) is 0. The summed E-state index contributed by atoms with van der Waals surface area (Å²) in [6.45, 7) is 4.83. The van der Waals surface area contributed by atoms with Crippen LogP contribution in [0.1, 0.15) is 186 Å². The Labute approximate surface area is 447 Å². The van der Waals surface area contributed by atoms with Crippen LogP contribution in [0.4, 0.5) is 17.1 Å². The summed E-state index contributed by atoms with van der Waals surface area (Å²) in [6, 6.07) is 69.6. The van der Waals surface area contributed by atoms with Gasteiger partial charge in [0.1, 0.15) is 0 Å². The second-order valence-electron chi connectivity index (χ2n) is 25.4. The molecule has 0 aromatic heterocycles. The fraction of sp³-hybridized carbons (Fsp3) is 0.351. The maximum absolute atomic E-state index is 2.76. The highest BCUT2D eigenvalue weighted by atomic mass is 15.1. The third kappa shape index (κ3) is 7.08. The molecule has 15 rings (SSSR count). The first-order valence-electron chi connectivity index (χ1n) is 29.6. The molecule has 1 nitrogen and oxygen atoms in total. The molecular formula is C74H73N. The quantitative estimate of drug-likeness (QED) is 0.160. The van der Waals surface area contributed by atoms with Crippen molar-refractivity contribution in [2.75, 3.05) is 4.90 Å². The van der Waals surface area contributed by atoms with Gasteiger partial charge in [0.2, 0.25) is 0 Å². The molecule has 0 amide bonds. The number of anilines is 3. The molecule has 75 heavy (non-hydrogen) atoms. The zero-order chi connectivity index (χ0) is 49.9. The Balaban J connectivity index is 0.933. The van der Waals surface area contributed by atoms with Gasteiger partial charge in [-0.2, -0.15) is 0 Å². The summed E-state index contributed by atoms with van der Waals surface area (Å²) >= 11 is 0. The third-order valence-corrected chi connectivity index (χ3v) is 21.4. The van der Waals surface area contributed by atoms with Crippen molar-refractivity contribution < 1.29 is 0 Å². The topological polar surface area (TPSA) is 3.24 Å². The Morgan fingerprint density at radius 2 is 0.747 bits per heavy atom. The maximum Gasteiger partial charge on any atom is 0.0726 e. The fourth-order valence-corrected chi connectivity index (χ4v) is 17.4. The monoisotopic (exact) mass is 976 g/mol. The Morgan fingerprint density at radius 3 is 1.31 bits per heavy atom. The lowest BCUT2D eigenvalue weighted by atomic mass is 9.62. The van der Waals surface area contributed by atoms with Crippen LogP contribution in [0.25, 0.3) is 44.5 Å². The van der Waals surface area contributed by atoms with Crippen LogP contribution < -0.4 is 4.90 Å². The van der Waals surface area contributed by atoms with E-state index in [1.165, 1.54) is 211 Å². The van der Waals surface area contributed by atoms with E-state index in [2.05, 4.69) is 195 Å². The van der Waals surface area contributed by atoms with E-state index in [1.807, 2.05) is 0 Å². The van der Waals surface area contributed by atoms with E-state index in [4.69, 9.17) is 0 Å². The Hall–Kier alpha value is -6.44. The van der Waals surface area contributed by atoms with Gasteiger partial charge < -0.3 is 4.90 Å². The van der Waals surface area contributed by atoms with Crippen molar-refractivity contribution in [3.63, 3.8) is 0 Å². The molecule has 0 heterocycles. The highest BCUT2D eigenvalue weighted by molar-refractivity contribution is 5.98. The first-order valence-corrected chi connectivity index (χ1v) is 29.6. The molecule has 1 heteroatoms. The molecule has 4 fully saturated rings. The molecule has 0 atom stereocenters. The second-order valence-corrected chi connectivity index (χ2v) is 25.4. The molecule has 374 valence electrons. The summed E-state index contributed by atoms with van der Waals surface area (Å²) in [4.78, 5) is 2.61. The normalized spacial score (nSPS) is 22.3. The fourth-order valence-electron chi connectivity index (χ4n) is 17.4. The molecule has 0 radical (unpaired) electrons. The van der Waals surface area contributed by atoms with Gasteiger partial charge in [0.25, 0.3) is 0 Å². The Bertz CT molecular complexity index is 3410. The number of benzene rings is 8. The second kappa shape index (κ2) is 17.6. The molecule has 0 bridgehead atoms. The number of fused-ring (bicyclic) bond motifs is 13. The van der Waals surface area contributed by atoms with E-state index in [0.717, 1.165) is 0 Å². The van der Waals surface area contributed by atoms with Crippen LogP contribution in [0.2, 0.25) is 0 Å². The van der Waals surface area contributed by atoms with E-state index in [-0.39, 0.29) is 5.41 Å². The standard InChI is InChI=1S/C74H73N/c1-71(2)64-23-11-8-21-58(64)60-32-28-55(48-66(60)71)75(70-25-13-10-20-57(70)52-18-6-3-7-19-52)56-29-33-63-59-22-9-12-24-65(59)74(69(63)49-56)67-46-53(50-34-42-72(43-35-50)38-14-4-15-39-72)26-30-61(67)62-31-27-54(47-68(62)74)51-36-44-73(45-37-51)40-16-5-17-41-73/h3,6-13,18-33,46-51H,4-5,14-17,34-45H2,1-2H3. The summed E-state index contributed by atoms with van der Waals surface area (Å²) in [5.74, 6) is 1.22. The van der Waals surface area contributed by atoms with Crippen molar-refractivity contribution in [2.45, 2.75) is 152 Å². The number of nitrogens with zero attached hydrogens (tertiary/aromatic N) is 1. The zero-order valence-corrected chi connectivity index (χ0v) is 44.6. The number of para-hydroxylation sites is 1. The van der Waals surface area contributed by atoms with E-state index in [9.17, 15) is 0 Å². The predicted octanol–water partition coefficient (Wildman–Crippen LogP) is 20.7. The molecule has 7 aliphatic carbocycles. The highest BCUT2D eigenvalue weighted by Gasteiger charge is 2.53. The predicted molar refractivity (Wildman–Crippen MR) is 314 cm³/mol. The molecule has 0 N–H and O–H groups in total. The van der Waals surface area contributed by atoms with Crippen molar-refractivity contribution in [2.24, 2.45) is 10.8 Å². The largest absolute Gasteiger partial charge is 0.310 e. The molecular weight excluding hydrogens is 903 g/mol. The summed E-state index contributed by atoms with van der Waals surface area (Å²) in [6.07, 6.45) is 25.3. The van der Waals surface area contributed by atoms with Gasteiger partial charge in [0, 0.05) is 22.4 Å². The average molecular weight is 976 g/mol. The van der Waals surface area contributed by atoms with Gasteiger partial charge in [-0.25, -0.2) is 0 Å². The number of hydrogen-bond acceptors (Lipinski definition) is 1. The van der Waals surface area contributed by atoms with Crippen LogP contribution >= 0.6 is 0 Å². The van der Waals surface area contributed by atoms with E-state index in [1.54, 1.807) is 11.1 Å². The maximum atomic E-state index is 2.76. The minimum absolute atomic E-state index is 0.131. The summed E-state index contributed by atoms with van der Waals surface area (Å²) in [5.41, 5.74) is 26.8. The van der Waals surface area contributed by atoms with Gasteiger partial charge in [-0.1, -0.05) is 198 Å². The molecule has 8 aromatic carbocycles. The molecule has 7 aliphatic rings. The van der Waals surface area contributed by atoms with Crippen molar-refractivity contribution in [1.29, 1.82) is 0 Å². The third-order valence-electron chi connectivity index (χ3n) is 21.4. The van der Waals surface area contributed by atoms with Gasteiger partial charge >= 0.3 is 0 Å². The smallest absolute Gasteiger partial charge is 0.0726 e. The van der Waals surface area contributed by atoms with Gasteiger partial charge in [0.05, 0.1) is 11.1 Å². The van der Waals surface area contributed by atoms with Crippen LogP contribution in [0, 0.1) is 10.8 Å². The zero-order valence-electron chi connectivity index (χ0n) is 44.6. The first kappa shape index (κ1) is 45.9. The first-order chi connectivity index (χ1) is 36.8. The highest BCUT2D eigenvalue weighted by Crippen LogP contribution is 2.65. The average Bonchev–Trinajstić information content (AvgIpc) is 4.08. The molecule has 3 spiro atoms. The SMILES string of the molecule is CC1(C)c2ccccc2-c2ccc(N(c3ccc4c(c3)C3(c5ccccc5-4)c4cc(C5CCC6(CCCCC6)CC5)ccc4-c4ccc(C5CCC6(CCCCC6)CC5)cc43)c3ccccc3-c3ccccc3)cc21. The van der Waals surface area contributed by atoms with E-state index in [0.29, 0.717) is 22.7 Å². The molecule has 0 aliphatic heterocycles. The Morgan fingerprint density at radius 1 is 0.333 bits per heavy atom. The van der Waals surface area contributed by atoms with Crippen LogP contribution in [-0.2, 0) is 10.8 Å². The van der Waals surface area contributed by atoms with Crippen molar-refractivity contribution in [3.8, 4) is 44.5 Å². The van der Waals surface area contributed by atoms with E-state index >= 15 is 0 Å². The van der Waals surface area contributed by atoms with Crippen molar-refractivity contribution in [3.05, 3.63) is 220 Å². The summed E-state index contributed by atoms with van der Waals surface area (Å²) < 4.78 is 0. The molecule has 0 saturated heterocycles. The van der Waals surface area contributed by atoms with Crippen molar-refractivity contribution in [1.82, 2.24) is 0 Å². The van der Waals surface area contributed by atoms with Crippen LogP contribution in [0.5, 0.6) is 0 Å². The van der Waals surface area contributed by atoms with Crippen LogP contribution in [0.3, 0.4) is 0 Å². The van der Waals surface area contributed by atoms with Gasteiger partial charge in [-0.3, -0.25) is 0 Å². The van der Waals surface area contributed by atoms with Crippen molar-refractivity contribution >= 4 is 17.1 Å². The minimum Gasteiger partial charge on any atom is -0.310 e. The molecule has 8 aromatic rings. The van der Waals surface area contributed by atoms with Crippen LogP contribution in [0.15, 0.2) is 176 Å².